The van der Waals surface area contributed by atoms with E-state index in [0.29, 0.717) is 19.4 Å². The van der Waals surface area contributed by atoms with Crippen LogP contribution in [-0.4, -0.2) is 20.4 Å². The van der Waals surface area contributed by atoms with Crippen LogP contribution in [-0.2, 0) is 11.3 Å². The Bertz CT molecular complexity index is 413. The lowest BCUT2D eigenvalue weighted by atomic mass is 10.0. The summed E-state index contributed by atoms with van der Waals surface area (Å²) in [5, 5.41) is 3.49. The Balaban J connectivity index is 2.00. The van der Waals surface area contributed by atoms with Crippen molar-refractivity contribution in [3.8, 4) is 11.5 Å². The fraction of sp³-hybridized carbons (Fsp3) is 0.538. The summed E-state index contributed by atoms with van der Waals surface area (Å²) in [5.41, 5.74) is 2.26. The number of nitrogens with one attached hydrogen (secondary N) is 1. The van der Waals surface area contributed by atoms with Crippen LogP contribution >= 0.6 is 0 Å². The second-order valence-corrected chi connectivity index (χ2v) is 4.46. The van der Waals surface area contributed by atoms with Gasteiger partial charge in [0.25, 0.3) is 0 Å². The molecule has 0 radical (unpaired) electrons. The lowest BCUT2D eigenvalue weighted by Gasteiger charge is -2.22. The first-order valence-electron chi connectivity index (χ1n) is 6.03. The summed E-state index contributed by atoms with van der Waals surface area (Å²) in [5.74, 6) is 1.86. The van der Waals surface area contributed by atoms with Crippen LogP contribution in [0.15, 0.2) is 12.1 Å². The second kappa shape index (κ2) is 4.55. The molecule has 1 atom stereocenters. The molecule has 2 aliphatic heterocycles. The molecule has 17 heavy (non-hydrogen) atoms. The molecule has 3 rings (SSSR count). The highest BCUT2D eigenvalue weighted by Gasteiger charge is 2.23. The molecule has 4 nitrogen and oxygen atoms in total. The second-order valence-electron chi connectivity index (χ2n) is 4.46. The van der Waals surface area contributed by atoms with E-state index in [4.69, 9.17) is 14.2 Å². The van der Waals surface area contributed by atoms with Gasteiger partial charge in [0.15, 0.2) is 6.79 Å². The van der Waals surface area contributed by atoms with Gasteiger partial charge in [0.2, 0.25) is 0 Å². The van der Waals surface area contributed by atoms with E-state index < -0.39 is 0 Å². The first-order chi connectivity index (χ1) is 8.38. The van der Waals surface area contributed by atoms with E-state index in [1.165, 1.54) is 12.0 Å². The summed E-state index contributed by atoms with van der Waals surface area (Å²) >= 11 is 0. The van der Waals surface area contributed by atoms with Gasteiger partial charge in [-0.3, -0.25) is 0 Å². The topological polar surface area (TPSA) is 39.7 Å². The SMILES string of the molecule is COc1cc2c(cc1C1CCCN1)OCOC2. The number of hydrogen-bond acceptors (Lipinski definition) is 4. The van der Waals surface area contributed by atoms with Crippen LogP contribution in [0, 0.1) is 0 Å². The molecule has 0 aromatic heterocycles. The molecule has 1 aromatic carbocycles. The number of benzene rings is 1. The zero-order chi connectivity index (χ0) is 11.7. The van der Waals surface area contributed by atoms with Gasteiger partial charge in [0.1, 0.15) is 11.5 Å². The van der Waals surface area contributed by atoms with Crippen LogP contribution in [0.5, 0.6) is 11.5 Å². The minimum absolute atomic E-state index is 0.344. The molecule has 2 aliphatic rings. The molecule has 0 aliphatic carbocycles. The Morgan fingerprint density at radius 1 is 1.41 bits per heavy atom. The maximum absolute atomic E-state index is 5.52. The molecular weight excluding hydrogens is 218 g/mol. The largest absolute Gasteiger partial charge is 0.496 e. The van der Waals surface area contributed by atoms with Gasteiger partial charge >= 0.3 is 0 Å². The van der Waals surface area contributed by atoms with Crippen molar-refractivity contribution in [3.63, 3.8) is 0 Å². The van der Waals surface area contributed by atoms with Gasteiger partial charge in [-0.05, 0) is 31.5 Å². The molecule has 92 valence electrons. The lowest BCUT2D eigenvalue weighted by Crippen LogP contribution is -2.16. The fourth-order valence-corrected chi connectivity index (χ4v) is 2.52. The van der Waals surface area contributed by atoms with E-state index in [2.05, 4.69) is 11.4 Å². The molecule has 4 heteroatoms. The highest BCUT2D eigenvalue weighted by atomic mass is 16.7. The minimum Gasteiger partial charge on any atom is -0.496 e. The number of hydrogen-bond donors (Lipinski definition) is 1. The predicted octanol–water partition coefficient (Wildman–Crippen LogP) is 1.99. The maximum atomic E-state index is 5.52. The fourth-order valence-electron chi connectivity index (χ4n) is 2.52. The third-order valence-corrected chi connectivity index (χ3v) is 3.40. The maximum Gasteiger partial charge on any atom is 0.189 e. The van der Waals surface area contributed by atoms with Crippen LogP contribution < -0.4 is 14.8 Å². The van der Waals surface area contributed by atoms with E-state index >= 15 is 0 Å². The van der Waals surface area contributed by atoms with E-state index in [9.17, 15) is 0 Å². The number of ether oxygens (including phenoxy) is 3. The number of rotatable bonds is 2. The average Bonchev–Trinajstić information content (AvgIpc) is 2.91. The third-order valence-electron chi connectivity index (χ3n) is 3.40. The Morgan fingerprint density at radius 2 is 2.35 bits per heavy atom. The smallest absolute Gasteiger partial charge is 0.189 e. The first-order valence-corrected chi connectivity index (χ1v) is 6.03. The van der Waals surface area contributed by atoms with Crippen molar-refractivity contribution < 1.29 is 14.2 Å². The van der Waals surface area contributed by atoms with E-state index in [1.807, 2.05) is 6.07 Å². The van der Waals surface area contributed by atoms with Gasteiger partial charge in [-0.1, -0.05) is 0 Å². The van der Waals surface area contributed by atoms with Gasteiger partial charge in [-0.25, -0.2) is 0 Å². The Kier molecular flexibility index (Phi) is 2.91. The standard InChI is InChI=1S/C13H17NO3/c1-15-13-5-9-7-16-8-17-12(9)6-10(13)11-3-2-4-14-11/h5-6,11,14H,2-4,7-8H2,1H3. The van der Waals surface area contributed by atoms with Gasteiger partial charge < -0.3 is 19.5 Å². The van der Waals surface area contributed by atoms with E-state index in [1.54, 1.807) is 7.11 Å². The molecule has 0 bridgehead atoms. The van der Waals surface area contributed by atoms with Crippen LogP contribution in [0.25, 0.3) is 0 Å². The van der Waals surface area contributed by atoms with Crippen molar-refractivity contribution in [2.75, 3.05) is 20.4 Å². The lowest BCUT2D eigenvalue weighted by molar-refractivity contribution is -0.0166. The highest BCUT2D eigenvalue weighted by molar-refractivity contribution is 5.48. The monoisotopic (exact) mass is 235 g/mol. The summed E-state index contributed by atoms with van der Waals surface area (Å²) in [6, 6.07) is 4.52. The molecule has 1 N–H and O–H groups in total. The van der Waals surface area contributed by atoms with Crippen molar-refractivity contribution in [1.29, 1.82) is 0 Å². The van der Waals surface area contributed by atoms with Crippen molar-refractivity contribution in [2.24, 2.45) is 0 Å². The predicted molar refractivity (Wildman–Crippen MR) is 63.3 cm³/mol. The van der Waals surface area contributed by atoms with Crippen molar-refractivity contribution in [1.82, 2.24) is 5.32 Å². The van der Waals surface area contributed by atoms with E-state index in [0.717, 1.165) is 30.0 Å². The summed E-state index contributed by atoms with van der Waals surface area (Å²) < 4.78 is 16.3. The van der Waals surface area contributed by atoms with Gasteiger partial charge in [0.05, 0.1) is 13.7 Å². The normalized spacial score (nSPS) is 23.0. The van der Waals surface area contributed by atoms with E-state index in [-0.39, 0.29) is 0 Å². The zero-order valence-electron chi connectivity index (χ0n) is 9.99. The minimum atomic E-state index is 0.344. The number of methoxy groups -OCH3 is 1. The first kappa shape index (κ1) is 10.9. The zero-order valence-corrected chi connectivity index (χ0v) is 9.99. The molecule has 0 spiro atoms. The van der Waals surface area contributed by atoms with Crippen LogP contribution in [0.4, 0.5) is 0 Å². The van der Waals surface area contributed by atoms with Crippen molar-refractivity contribution >= 4 is 0 Å². The third kappa shape index (κ3) is 1.98. The summed E-state index contributed by atoms with van der Waals surface area (Å²) in [6.45, 7) is 2.02. The van der Waals surface area contributed by atoms with Crippen molar-refractivity contribution in [2.45, 2.75) is 25.5 Å². The Labute approximate surface area is 101 Å². The molecule has 0 saturated carbocycles. The van der Waals surface area contributed by atoms with Crippen molar-refractivity contribution in [3.05, 3.63) is 23.3 Å². The number of fused-ring (bicyclic) bond motifs is 1. The molecule has 1 unspecified atom stereocenters. The van der Waals surface area contributed by atoms with Crippen LogP contribution in [0.2, 0.25) is 0 Å². The molecular formula is C13H17NO3. The average molecular weight is 235 g/mol. The van der Waals surface area contributed by atoms with Gasteiger partial charge in [-0.2, -0.15) is 0 Å². The summed E-state index contributed by atoms with van der Waals surface area (Å²) in [4.78, 5) is 0. The van der Waals surface area contributed by atoms with Crippen LogP contribution in [0.3, 0.4) is 0 Å². The highest BCUT2D eigenvalue weighted by Crippen LogP contribution is 2.37. The van der Waals surface area contributed by atoms with Gasteiger partial charge in [0, 0.05) is 17.2 Å². The molecule has 2 heterocycles. The molecule has 1 saturated heterocycles. The molecule has 1 fully saturated rings. The Hall–Kier alpha value is -1.26. The summed E-state index contributed by atoms with van der Waals surface area (Å²) in [7, 11) is 1.71. The van der Waals surface area contributed by atoms with Gasteiger partial charge in [-0.15, -0.1) is 0 Å². The molecule has 1 aromatic rings. The Morgan fingerprint density at radius 3 is 3.12 bits per heavy atom. The summed E-state index contributed by atoms with van der Waals surface area (Å²) in [6.07, 6.45) is 2.38. The molecule has 0 amide bonds. The van der Waals surface area contributed by atoms with Crippen LogP contribution in [0.1, 0.15) is 30.0 Å². The quantitative estimate of drug-likeness (QED) is 0.851.